The van der Waals surface area contributed by atoms with Crippen LogP contribution >= 0.6 is 0 Å². The molecule has 3 heteroatoms. The Morgan fingerprint density at radius 3 is 2.95 bits per heavy atom. The summed E-state index contributed by atoms with van der Waals surface area (Å²) in [5.74, 6) is 1.41. The molecule has 0 fully saturated rings. The van der Waals surface area contributed by atoms with Gasteiger partial charge >= 0.3 is 0 Å². The number of fused-ring (bicyclic) bond motifs is 1. The van der Waals surface area contributed by atoms with E-state index >= 15 is 0 Å². The molecule has 104 valence electrons. The predicted octanol–water partition coefficient (Wildman–Crippen LogP) is 3.19. The zero-order chi connectivity index (χ0) is 14.1. The van der Waals surface area contributed by atoms with Crippen molar-refractivity contribution in [1.82, 2.24) is 4.98 Å². The molecule has 1 aromatic heterocycles. The van der Waals surface area contributed by atoms with Gasteiger partial charge in [-0.05, 0) is 49.6 Å². The standard InChI is InChI=1S/C17H20N2O/c1-11-10-19-12(2)8-16(11)15-5-3-4-14-13(9-18)6-7-20-17(14)15/h3-5,8,10,13H,6-7,9,18H2,1-2H3/t13-/m1/s1. The number of nitrogens with zero attached hydrogens (tertiary/aromatic N) is 1. The maximum Gasteiger partial charge on any atom is 0.130 e. The smallest absolute Gasteiger partial charge is 0.130 e. The molecule has 0 spiro atoms. The van der Waals surface area contributed by atoms with Crippen molar-refractivity contribution in [2.45, 2.75) is 26.2 Å². The van der Waals surface area contributed by atoms with E-state index in [0.29, 0.717) is 12.5 Å². The fourth-order valence-electron chi connectivity index (χ4n) is 2.87. The highest BCUT2D eigenvalue weighted by Gasteiger charge is 2.23. The van der Waals surface area contributed by atoms with E-state index in [0.717, 1.165) is 30.0 Å². The number of rotatable bonds is 2. The summed E-state index contributed by atoms with van der Waals surface area (Å²) in [4.78, 5) is 4.35. The molecule has 0 unspecified atom stereocenters. The van der Waals surface area contributed by atoms with Gasteiger partial charge in [-0.1, -0.05) is 18.2 Å². The second-order valence-corrected chi connectivity index (χ2v) is 5.43. The second-order valence-electron chi connectivity index (χ2n) is 5.43. The van der Waals surface area contributed by atoms with Gasteiger partial charge in [0.25, 0.3) is 0 Å². The van der Waals surface area contributed by atoms with Crippen molar-refractivity contribution >= 4 is 0 Å². The van der Waals surface area contributed by atoms with Gasteiger partial charge in [-0.15, -0.1) is 0 Å². The van der Waals surface area contributed by atoms with Crippen LogP contribution in [0, 0.1) is 13.8 Å². The van der Waals surface area contributed by atoms with Crippen LogP contribution in [0.5, 0.6) is 5.75 Å². The van der Waals surface area contributed by atoms with Crippen LogP contribution in [0.4, 0.5) is 0 Å². The van der Waals surface area contributed by atoms with Crippen LogP contribution < -0.4 is 10.5 Å². The molecule has 1 aromatic carbocycles. The predicted molar refractivity (Wildman–Crippen MR) is 81.1 cm³/mol. The fourth-order valence-corrected chi connectivity index (χ4v) is 2.87. The summed E-state index contributed by atoms with van der Waals surface area (Å²) < 4.78 is 5.96. The minimum atomic E-state index is 0.405. The molecule has 2 aromatic rings. The summed E-state index contributed by atoms with van der Waals surface area (Å²) in [6, 6.07) is 8.49. The largest absolute Gasteiger partial charge is 0.493 e. The van der Waals surface area contributed by atoms with Gasteiger partial charge in [-0.3, -0.25) is 4.98 Å². The second kappa shape index (κ2) is 5.25. The molecule has 1 atom stereocenters. The van der Waals surface area contributed by atoms with E-state index in [-0.39, 0.29) is 0 Å². The molecular weight excluding hydrogens is 248 g/mol. The van der Waals surface area contributed by atoms with Crippen LogP contribution in [0.2, 0.25) is 0 Å². The van der Waals surface area contributed by atoms with Crippen LogP contribution in [0.25, 0.3) is 11.1 Å². The van der Waals surface area contributed by atoms with Crippen molar-refractivity contribution in [3.05, 3.63) is 47.3 Å². The van der Waals surface area contributed by atoms with Crippen molar-refractivity contribution in [1.29, 1.82) is 0 Å². The number of pyridine rings is 1. The van der Waals surface area contributed by atoms with E-state index in [1.807, 2.05) is 13.1 Å². The van der Waals surface area contributed by atoms with Crippen molar-refractivity contribution in [2.24, 2.45) is 5.73 Å². The summed E-state index contributed by atoms with van der Waals surface area (Å²) in [7, 11) is 0. The van der Waals surface area contributed by atoms with E-state index < -0.39 is 0 Å². The number of para-hydroxylation sites is 1. The third kappa shape index (κ3) is 2.18. The van der Waals surface area contributed by atoms with Gasteiger partial charge in [-0.25, -0.2) is 0 Å². The number of benzene rings is 1. The van der Waals surface area contributed by atoms with Crippen LogP contribution in [0.3, 0.4) is 0 Å². The van der Waals surface area contributed by atoms with E-state index in [1.54, 1.807) is 0 Å². The molecule has 0 bridgehead atoms. The average molecular weight is 268 g/mol. The normalized spacial score (nSPS) is 17.4. The maximum absolute atomic E-state index is 5.96. The monoisotopic (exact) mass is 268 g/mol. The maximum atomic E-state index is 5.96. The molecule has 0 radical (unpaired) electrons. The zero-order valence-corrected chi connectivity index (χ0v) is 12.0. The van der Waals surface area contributed by atoms with E-state index in [2.05, 4.69) is 36.2 Å². The highest BCUT2D eigenvalue weighted by Crippen LogP contribution is 2.41. The number of aromatic nitrogens is 1. The number of hydrogen-bond donors (Lipinski definition) is 1. The lowest BCUT2D eigenvalue weighted by Gasteiger charge is -2.27. The number of aryl methyl sites for hydroxylation is 2. The van der Waals surface area contributed by atoms with E-state index in [1.165, 1.54) is 16.7 Å². The molecule has 0 aliphatic carbocycles. The Morgan fingerprint density at radius 2 is 2.15 bits per heavy atom. The molecule has 2 heterocycles. The summed E-state index contributed by atoms with van der Waals surface area (Å²) in [6.07, 6.45) is 2.93. The third-order valence-electron chi connectivity index (χ3n) is 4.01. The number of ether oxygens (including phenoxy) is 1. The van der Waals surface area contributed by atoms with Crippen LogP contribution in [0.15, 0.2) is 30.5 Å². The molecule has 3 rings (SSSR count). The molecule has 1 aliphatic rings. The molecule has 0 saturated carbocycles. The quantitative estimate of drug-likeness (QED) is 0.910. The lowest BCUT2D eigenvalue weighted by atomic mass is 9.89. The van der Waals surface area contributed by atoms with Gasteiger partial charge in [0.05, 0.1) is 6.61 Å². The Labute approximate surface area is 119 Å². The first-order valence-electron chi connectivity index (χ1n) is 7.10. The summed E-state index contributed by atoms with van der Waals surface area (Å²) >= 11 is 0. The first-order valence-corrected chi connectivity index (χ1v) is 7.10. The molecule has 0 saturated heterocycles. The fraction of sp³-hybridized carbons (Fsp3) is 0.353. The SMILES string of the molecule is Cc1cc(-c2cccc3c2OCC[C@@H]3CN)c(C)cn1. The van der Waals surface area contributed by atoms with E-state index in [4.69, 9.17) is 10.5 Å². The Hall–Kier alpha value is -1.87. The summed E-state index contributed by atoms with van der Waals surface area (Å²) in [5, 5.41) is 0. The topological polar surface area (TPSA) is 48.1 Å². The van der Waals surface area contributed by atoms with Crippen LogP contribution in [-0.4, -0.2) is 18.1 Å². The van der Waals surface area contributed by atoms with Gasteiger partial charge in [0, 0.05) is 23.4 Å². The summed E-state index contributed by atoms with van der Waals surface area (Å²) in [5.41, 5.74) is 11.7. The Balaban J connectivity index is 2.18. The number of hydrogen-bond acceptors (Lipinski definition) is 3. The van der Waals surface area contributed by atoms with Crippen molar-refractivity contribution in [3.8, 4) is 16.9 Å². The minimum Gasteiger partial charge on any atom is -0.493 e. The Bertz CT molecular complexity index is 637. The average Bonchev–Trinajstić information content (AvgIpc) is 2.48. The highest BCUT2D eigenvalue weighted by molar-refractivity contribution is 5.75. The van der Waals surface area contributed by atoms with Gasteiger partial charge in [0.15, 0.2) is 0 Å². The third-order valence-corrected chi connectivity index (χ3v) is 4.01. The minimum absolute atomic E-state index is 0.405. The van der Waals surface area contributed by atoms with Gasteiger partial charge in [-0.2, -0.15) is 0 Å². The lowest BCUT2D eigenvalue weighted by Crippen LogP contribution is -2.21. The van der Waals surface area contributed by atoms with E-state index in [9.17, 15) is 0 Å². The van der Waals surface area contributed by atoms with Crippen molar-refractivity contribution < 1.29 is 4.74 Å². The molecule has 0 amide bonds. The molecule has 1 aliphatic heterocycles. The van der Waals surface area contributed by atoms with Gasteiger partial charge in [0.2, 0.25) is 0 Å². The van der Waals surface area contributed by atoms with Crippen molar-refractivity contribution in [2.75, 3.05) is 13.2 Å². The van der Waals surface area contributed by atoms with Gasteiger partial charge < -0.3 is 10.5 Å². The number of nitrogens with two attached hydrogens (primary N) is 1. The highest BCUT2D eigenvalue weighted by atomic mass is 16.5. The molecule has 20 heavy (non-hydrogen) atoms. The molecular formula is C17H20N2O. The molecule has 3 nitrogen and oxygen atoms in total. The zero-order valence-electron chi connectivity index (χ0n) is 12.0. The lowest BCUT2D eigenvalue weighted by molar-refractivity contribution is 0.270. The van der Waals surface area contributed by atoms with Crippen LogP contribution in [0.1, 0.15) is 29.2 Å². The first-order chi connectivity index (χ1) is 9.70. The van der Waals surface area contributed by atoms with Crippen LogP contribution in [-0.2, 0) is 0 Å². The Morgan fingerprint density at radius 1 is 1.30 bits per heavy atom. The Kier molecular flexibility index (Phi) is 3.45. The van der Waals surface area contributed by atoms with Gasteiger partial charge in [0.1, 0.15) is 5.75 Å². The molecule has 2 N–H and O–H groups in total. The summed E-state index contributed by atoms with van der Waals surface area (Å²) in [6.45, 7) is 5.52. The first kappa shape index (κ1) is 13.1. The van der Waals surface area contributed by atoms with Crippen molar-refractivity contribution in [3.63, 3.8) is 0 Å².